The monoisotopic (exact) mass is 529 g/mol. The van der Waals surface area contributed by atoms with E-state index in [1.807, 2.05) is 100 Å². The van der Waals surface area contributed by atoms with Crippen molar-refractivity contribution in [2.75, 3.05) is 5.32 Å². The van der Waals surface area contributed by atoms with Gasteiger partial charge in [0.25, 0.3) is 0 Å². The summed E-state index contributed by atoms with van der Waals surface area (Å²) in [6.45, 7) is 8.11. The van der Waals surface area contributed by atoms with E-state index in [1.165, 1.54) is 0 Å². The van der Waals surface area contributed by atoms with Crippen LogP contribution < -0.4 is 10.6 Å². The van der Waals surface area contributed by atoms with Crippen molar-refractivity contribution in [2.45, 2.75) is 65.5 Å². The number of nitrogens with one attached hydrogen (secondary N) is 2. The molecule has 1 heterocycles. The maximum Gasteiger partial charge on any atom is 0.412 e. The van der Waals surface area contributed by atoms with Crippen LogP contribution in [0.2, 0.25) is 0 Å². The van der Waals surface area contributed by atoms with Gasteiger partial charge in [0, 0.05) is 25.2 Å². The summed E-state index contributed by atoms with van der Waals surface area (Å²) in [6.07, 6.45) is -0.898. The van der Waals surface area contributed by atoms with Gasteiger partial charge in [-0.25, -0.2) is 9.59 Å². The second-order valence-corrected chi connectivity index (χ2v) is 10.7. The summed E-state index contributed by atoms with van der Waals surface area (Å²) in [5.41, 5.74) is 4.45. The molecular formula is C31H35N3O5. The van der Waals surface area contributed by atoms with E-state index in [2.05, 4.69) is 10.6 Å². The van der Waals surface area contributed by atoms with Gasteiger partial charge in [-0.2, -0.15) is 0 Å². The second-order valence-electron chi connectivity index (χ2n) is 10.7. The predicted molar refractivity (Wildman–Crippen MR) is 149 cm³/mol. The van der Waals surface area contributed by atoms with Gasteiger partial charge in [0.1, 0.15) is 18.2 Å². The fraction of sp³-hybridized carbons (Fsp3) is 0.323. The van der Waals surface area contributed by atoms with Gasteiger partial charge in [0.15, 0.2) is 0 Å². The van der Waals surface area contributed by atoms with Crippen molar-refractivity contribution in [3.63, 3.8) is 0 Å². The highest BCUT2D eigenvalue weighted by atomic mass is 16.6. The number of rotatable bonds is 6. The van der Waals surface area contributed by atoms with Crippen LogP contribution in [0, 0.1) is 6.92 Å². The van der Waals surface area contributed by atoms with E-state index < -0.39 is 23.8 Å². The highest BCUT2D eigenvalue weighted by Crippen LogP contribution is 2.28. The molecule has 0 fully saturated rings. The van der Waals surface area contributed by atoms with Crippen molar-refractivity contribution in [3.8, 4) is 0 Å². The van der Waals surface area contributed by atoms with Crippen LogP contribution in [0.1, 0.15) is 48.6 Å². The first kappa shape index (κ1) is 27.7. The van der Waals surface area contributed by atoms with Crippen molar-refractivity contribution in [3.05, 3.63) is 101 Å². The molecule has 8 nitrogen and oxygen atoms in total. The molecule has 0 aromatic heterocycles. The fourth-order valence-electron chi connectivity index (χ4n) is 4.47. The Morgan fingerprint density at radius 2 is 1.56 bits per heavy atom. The molecule has 3 amide bonds. The average molecular weight is 530 g/mol. The molecule has 1 aliphatic rings. The molecule has 1 aliphatic heterocycles. The molecule has 39 heavy (non-hydrogen) atoms. The fourth-order valence-corrected chi connectivity index (χ4v) is 4.47. The van der Waals surface area contributed by atoms with Crippen LogP contribution in [0.5, 0.6) is 0 Å². The summed E-state index contributed by atoms with van der Waals surface area (Å²) in [6, 6.07) is 22.1. The molecule has 4 rings (SSSR count). The number of carbonyl (C=O) groups is 3. The van der Waals surface area contributed by atoms with E-state index in [4.69, 9.17) is 9.47 Å². The van der Waals surface area contributed by atoms with E-state index in [-0.39, 0.29) is 12.5 Å². The minimum atomic E-state index is -0.803. The largest absolute Gasteiger partial charge is 0.445 e. The van der Waals surface area contributed by atoms with Gasteiger partial charge < -0.3 is 19.7 Å². The Kier molecular flexibility index (Phi) is 8.54. The van der Waals surface area contributed by atoms with Crippen LogP contribution in [0.3, 0.4) is 0 Å². The van der Waals surface area contributed by atoms with Gasteiger partial charge in [-0.15, -0.1) is 0 Å². The lowest BCUT2D eigenvalue weighted by Gasteiger charge is -2.25. The van der Waals surface area contributed by atoms with Gasteiger partial charge in [-0.3, -0.25) is 10.1 Å². The Morgan fingerprint density at radius 3 is 2.21 bits per heavy atom. The Morgan fingerprint density at radius 1 is 0.923 bits per heavy atom. The lowest BCUT2D eigenvalue weighted by atomic mass is 9.98. The number of nitrogens with zero attached hydrogens (tertiary/aromatic N) is 1. The van der Waals surface area contributed by atoms with E-state index in [1.54, 1.807) is 4.90 Å². The first-order valence-electron chi connectivity index (χ1n) is 13.0. The molecule has 204 valence electrons. The van der Waals surface area contributed by atoms with Gasteiger partial charge in [-0.1, -0.05) is 66.7 Å². The van der Waals surface area contributed by atoms with Gasteiger partial charge >= 0.3 is 12.2 Å². The summed E-state index contributed by atoms with van der Waals surface area (Å²) < 4.78 is 10.8. The lowest BCUT2D eigenvalue weighted by molar-refractivity contribution is -0.134. The third kappa shape index (κ3) is 7.83. The molecule has 1 atom stereocenters. The van der Waals surface area contributed by atoms with Crippen molar-refractivity contribution < 1.29 is 23.9 Å². The summed E-state index contributed by atoms with van der Waals surface area (Å²) in [4.78, 5) is 40.6. The molecule has 0 saturated heterocycles. The third-order valence-electron chi connectivity index (χ3n) is 6.30. The third-order valence-corrected chi connectivity index (χ3v) is 6.30. The van der Waals surface area contributed by atoms with Crippen molar-refractivity contribution in [1.29, 1.82) is 0 Å². The Bertz CT molecular complexity index is 1320. The number of carbonyl (C=O) groups excluding carboxylic acids is 3. The molecule has 0 spiro atoms. The molecule has 3 aromatic carbocycles. The Balaban J connectivity index is 1.57. The number of aryl methyl sites for hydroxylation is 1. The van der Waals surface area contributed by atoms with Crippen LogP contribution in [-0.4, -0.2) is 34.6 Å². The number of benzene rings is 3. The van der Waals surface area contributed by atoms with Crippen LogP contribution in [-0.2, 0) is 40.4 Å². The van der Waals surface area contributed by atoms with Crippen LogP contribution in [0.4, 0.5) is 15.3 Å². The molecule has 8 heteroatoms. The van der Waals surface area contributed by atoms with E-state index in [0.717, 1.165) is 27.8 Å². The SMILES string of the molecule is Cc1cc2c(cc1NC(=O)OC(C)(C)C)CN(Cc1ccccc1)C(=O)[C@H](NC(=O)OCc1ccccc1)C2. The number of anilines is 1. The van der Waals surface area contributed by atoms with Crippen LogP contribution in [0.25, 0.3) is 0 Å². The maximum absolute atomic E-state index is 13.7. The first-order chi connectivity index (χ1) is 18.6. The molecule has 0 radical (unpaired) electrons. The van der Waals surface area contributed by atoms with E-state index in [0.29, 0.717) is 25.2 Å². The van der Waals surface area contributed by atoms with Crippen LogP contribution >= 0.6 is 0 Å². The molecule has 2 N–H and O–H groups in total. The number of amides is 3. The highest BCUT2D eigenvalue weighted by Gasteiger charge is 2.32. The molecule has 0 saturated carbocycles. The van der Waals surface area contributed by atoms with E-state index >= 15 is 0 Å². The van der Waals surface area contributed by atoms with Gasteiger partial charge in [0.05, 0.1) is 0 Å². The van der Waals surface area contributed by atoms with Gasteiger partial charge in [0.2, 0.25) is 5.91 Å². The number of fused-ring (bicyclic) bond motifs is 1. The first-order valence-corrected chi connectivity index (χ1v) is 13.0. The van der Waals surface area contributed by atoms with Crippen molar-refractivity contribution >= 4 is 23.8 Å². The predicted octanol–water partition coefficient (Wildman–Crippen LogP) is 5.72. The minimum Gasteiger partial charge on any atom is -0.445 e. The van der Waals surface area contributed by atoms with E-state index in [9.17, 15) is 14.4 Å². The summed E-state index contributed by atoms with van der Waals surface area (Å²) in [5, 5.41) is 5.62. The number of hydrogen-bond donors (Lipinski definition) is 2. The molecular weight excluding hydrogens is 494 g/mol. The second kappa shape index (κ2) is 12.0. The van der Waals surface area contributed by atoms with Crippen LogP contribution in [0.15, 0.2) is 72.8 Å². The topological polar surface area (TPSA) is 97.0 Å². The highest BCUT2D eigenvalue weighted by molar-refractivity contribution is 5.88. The standard InChI is InChI=1S/C31H35N3O5/c1-21-15-24-16-27(33-29(36)38-20-23-13-9-6-10-14-23)28(35)34(18-22-11-7-5-8-12-22)19-25(24)17-26(21)32-30(37)39-31(2,3)4/h5-15,17,27H,16,18-20H2,1-4H3,(H,32,37)(H,33,36)/t27-/m1/s1. The quantitative estimate of drug-likeness (QED) is 0.426. The molecule has 0 aliphatic carbocycles. The van der Waals surface area contributed by atoms with Crippen molar-refractivity contribution in [1.82, 2.24) is 10.2 Å². The number of alkyl carbamates (subject to hydrolysis) is 1. The molecule has 0 unspecified atom stereocenters. The summed E-state index contributed by atoms with van der Waals surface area (Å²) >= 11 is 0. The summed E-state index contributed by atoms with van der Waals surface area (Å²) in [5.74, 6) is -0.203. The molecule has 0 bridgehead atoms. The lowest BCUT2D eigenvalue weighted by Crippen LogP contribution is -2.48. The number of hydrogen-bond acceptors (Lipinski definition) is 5. The zero-order valence-corrected chi connectivity index (χ0v) is 22.8. The average Bonchev–Trinajstić information content (AvgIpc) is 2.99. The normalized spacial score (nSPS) is 15.1. The van der Waals surface area contributed by atoms with Crippen molar-refractivity contribution in [2.24, 2.45) is 0 Å². The Hall–Kier alpha value is -4.33. The number of ether oxygens (including phenoxy) is 2. The maximum atomic E-state index is 13.7. The zero-order chi connectivity index (χ0) is 28.0. The minimum absolute atomic E-state index is 0.108. The molecule has 3 aromatic rings. The zero-order valence-electron chi connectivity index (χ0n) is 22.8. The smallest absolute Gasteiger partial charge is 0.412 e. The Labute approximate surface area is 229 Å². The summed E-state index contributed by atoms with van der Waals surface area (Å²) in [7, 11) is 0. The van der Waals surface area contributed by atoms with Gasteiger partial charge in [-0.05, 0) is 61.6 Å².